The van der Waals surface area contributed by atoms with Crippen molar-refractivity contribution in [2.45, 2.75) is 32.6 Å². The molecule has 4 nitrogen and oxygen atoms in total. The van der Waals surface area contributed by atoms with Gasteiger partial charge in [-0.15, -0.1) is 0 Å². The minimum atomic E-state index is -3.19. The summed E-state index contributed by atoms with van der Waals surface area (Å²) in [6.07, 6.45) is 4.42. The molecule has 1 aliphatic rings. The summed E-state index contributed by atoms with van der Waals surface area (Å²) < 4.78 is 25.9. The highest BCUT2D eigenvalue weighted by Gasteiger charge is 2.12. The predicted molar refractivity (Wildman–Crippen MR) is 80.2 cm³/mol. The van der Waals surface area contributed by atoms with Gasteiger partial charge in [0.25, 0.3) is 0 Å². The van der Waals surface area contributed by atoms with Gasteiger partial charge in [-0.2, -0.15) is 0 Å². The van der Waals surface area contributed by atoms with Crippen molar-refractivity contribution in [2.24, 2.45) is 0 Å². The number of nitrogens with one attached hydrogen (secondary N) is 1. The summed E-state index contributed by atoms with van der Waals surface area (Å²) in [5.41, 5.74) is 1.83. The van der Waals surface area contributed by atoms with Gasteiger partial charge in [-0.25, -0.2) is 8.42 Å². The molecule has 106 valence electrons. The SMILES string of the molecule is CCCS(=O)(=O)Nc1ccc(N2CCCCC2)cc1. The molecule has 0 unspecified atom stereocenters. The van der Waals surface area contributed by atoms with Crippen molar-refractivity contribution in [3.05, 3.63) is 24.3 Å². The van der Waals surface area contributed by atoms with Gasteiger partial charge in [-0.05, 0) is 49.9 Å². The Morgan fingerprint density at radius 3 is 2.32 bits per heavy atom. The van der Waals surface area contributed by atoms with E-state index in [0.717, 1.165) is 13.1 Å². The Hall–Kier alpha value is -1.23. The second-order valence-corrected chi connectivity index (χ2v) is 6.86. The minimum Gasteiger partial charge on any atom is -0.372 e. The smallest absolute Gasteiger partial charge is 0.232 e. The van der Waals surface area contributed by atoms with Gasteiger partial charge in [0.2, 0.25) is 10.0 Å². The van der Waals surface area contributed by atoms with Crippen molar-refractivity contribution in [1.29, 1.82) is 0 Å². The fourth-order valence-corrected chi connectivity index (χ4v) is 3.53. The summed E-state index contributed by atoms with van der Waals surface area (Å²) in [5, 5.41) is 0. The van der Waals surface area contributed by atoms with E-state index in [0.29, 0.717) is 12.1 Å². The van der Waals surface area contributed by atoms with Crippen LogP contribution < -0.4 is 9.62 Å². The standard InChI is InChI=1S/C14H22N2O2S/c1-2-12-19(17,18)15-13-6-8-14(9-7-13)16-10-4-3-5-11-16/h6-9,15H,2-5,10-12H2,1H3. The molecule has 19 heavy (non-hydrogen) atoms. The Morgan fingerprint density at radius 1 is 1.11 bits per heavy atom. The van der Waals surface area contributed by atoms with Gasteiger partial charge >= 0.3 is 0 Å². The van der Waals surface area contributed by atoms with Crippen LogP contribution >= 0.6 is 0 Å². The van der Waals surface area contributed by atoms with Crippen LogP contribution in [0.5, 0.6) is 0 Å². The van der Waals surface area contributed by atoms with Crippen molar-refractivity contribution in [3.63, 3.8) is 0 Å². The van der Waals surface area contributed by atoms with Crippen molar-refractivity contribution in [3.8, 4) is 0 Å². The number of piperidine rings is 1. The van der Waals surface area contributed by atoms with Gasteiger partial charge in [0.15, 0.2) is 0 Å². The lowest BCUT2D eigenvalue weighted by Crippen LogP contribution is -2.29. The molecule has 1 N–H and O–H groups in total. The van der Waals surface area contributed by atoms with Crippen LogP contribution in [0, 0.1) is 0 Å². The highest BCUT2D eigenvalue weighted by molar-refractivity contribution is 7.92. The largest absolute Gasteiger partial charge is 0.372 e. The van der Waals surface area contributed by atoms with E-state index >= 15 is 0 Å². The molecule has 5 heteroatoms. The molecule has 0 spiro atoms. The molecule has 1 heterocycles. The van der Waals surface area contributed by atoms with E-state index < -0.39 is 10.0 Å². The van der Waals surface area contributed by atoms with E-state index in [2.05, 4.69) is 9.62 Å². The molecule has 1 aromatic carbocycles. The summed E-state index contributed by atoms with van der Waals surface area (Å²) >= 11 is 0. The third kappa shape index (κ3) is 4.13. The first-order valence-corrected chi connectivity index (χ1v) is 8.61. The Morgan fingerprint density at radius 2 is 1.74 bits per heavy atom. The van der Waals surface area contributed by atoms with Crippen LogP contribution in [0.1, 0.15) is 32.6 Å². The third-order valence-corrected chi connectivity index (χ3v) is 4.83. The number of rotatable bonds is 5. The zero-order valence-electron chi connectivity index (χ0n) is 11.4. The van der Waals surface area contributed by atoms with E-state index in [1.165, 1.54) is 24.9 Å². The van der Waals surface area contributed by atoms with Gasteiger partial charge in [-0.1, -0.05) is 6.92 Å². The molecule has 1 fully saturated rings. The lowest BCUT2D eigenvalue weighted by molar-refractivity contribution is 0.578. The van der Waals surface area contributed by atoms with Gasteiger partial charge in [0, 0.05) is 24.5 Å². The zero-order valence-corrected chi connectivity index (χ0v) is 12.2. The van der Waals surface area contributed by atoms with Crippen molar-refractivity contribution in [1.82, 2.24) is 0 Å². The highest BCUT2D eigenvalue weighted by atomic mass is 32.2. The molecule has 0 aliphatic carbocycles. The van der Waals surface area contributed by atoms with E-state index in [9.17, 15) is 8.42 Å². The summed E-state index contributed by atoms with van der Waals surface area (Å²) in [4.78, 5) is 2.35. The number of nitrogens with zero attached hydrogens (tertiary/aromatic N) is 1. The summed E-state index contributed by atoms with van der Waals surface area (Å²) in [6.45, 7) is 4.06. The topological polar surface area (TPSA) is 49.4 Å². The summed E-state index contributed by atoms with van der Waals surface area (Å²) in [6, 6.07) is 7.68. The van der Waals surface area contributed by atoms with Gasteiger partial charge < -0.3 is 4.90 Å². The molecule has 0 aromatic heterocycles. The van der Waals surface area contributed by atoms with Crippen LogP contribution in [0.3, 0.4) is 0 Å². The number of sulfonamides is 1. The second kappa shape index (κ2) is 6.28. The first kappa shape index (κ1) is 14.2. The van der Waals surface area contributed by atoms with Gasteiger partial charge in [-0.3, -0.25) is 4.72 Å². The number of anilines is 2. The summed E-state index contributed by atoms with van der Waals surface area (Å²) in [7, 11) is -3.19. The molecule has 0 saturated carbocycles. The first-order chi connectivity index (χ1) is 9.11. The lowest BCUT2D eigenvalue weighted by atomic mass is 10.1. The molecule has 0 atom stereocenters. The maximum atomic E-state index is 11.7. The fourth-order valence-electron chi connectivity index (χ4n) is 2.39. The average Bonchev–Trinajstić information content (AvgIpc) is 2.40. The fraction of sp³-hybridized carbons (Fsp3) is 0.571. The molecule has 0 amide bonds. The Bertz CT molecular complexity index is 491. The maximum Gasteiger partial charge on any atom is 0.232 e. The van der Waals surface area contributed by atoms with Crippen LogP contribution in [0.4, 0.5) is 11.4 Å². The van der Waals surface area contributed by atoms with E-state index in [1.54, 1.807) is 0 Å². The zero-order chi connectivity index (χ0) is 13.7. The van der Waals surface area contributed by atoms with Crippen LogP contribution in [-0.4, -0.2) is 27.3 Å². The summed E-state index contributed by atoms with van der Waals surface area (Å²) in [5.74, 6) is 0.168. The Labute approximate surface area is 115 Å². The molecular formula is C14H22N2O2S. The third-order valence-electron chi connectivity index (χ3n) is 3.33. The predicted octanol–water partition coefficient (Wildman–Crippen LogP) is 2.83. The van der Waals surface area contributed by atoms with Crippen LogP contribution in [-0.2, 0) is 10.0 Å². The lowest BCUT2D eigenvalue weighted by Gasteiger charge is -2.28. The average molecular weight is 282 g/mol. The second-order valence-electron chi connectivity index (χ2n) is 5.02. The monoisotopic (exact) mass is 282 g/mol. The molecule has 1 saturated heterocycles. The molecule has 1 aromatic rings. The van der Waals surface area contributed by atoms with E-state index in [4.69, 9.17) is 0 Å². The number of hydrogen-bond acceptors (Lipinski definition) is 3. The molecule has 0 radical (unpaired) electrons. The molecule has 2 rings (SSSR count). The van der Waals surface area contributed by atoms with Crippen LogP contribution in [0.2, 0.25) is 0 Å². The minimum absolute atomic E-state index is 0.168. The van der Waals surface area contributed by atoms with Crippen molar-refractivity contribution < 1.29 is 8.42 Å². The normalized spacial score (nSPS) is 16.4. The highest BCUT2D eigenvalue weighted by Crippen LogP contribution is 2.22. The van der Waals surface area contributed by atoms with Gasteiger partial charge in [0.05, 0.1) is 5.75 Å². The van der Waals surface area contributed by atoms with E-state index in [-0.39, 0.29) is 5.75 Å². The molecular weight excluding hydrogens is 260 g/mol. The first-order valence-electron chi connectivity index (χ1n) is 6.96. The molecule has 1 aliphatic heterocycles. The van der Waals surface area contributed by atoms with Crippen LogP contribution in [0.25, 0.3) is 0 Å². The number of benzene rings is 1. The molecule has 0 bridgehead atoms. The van der Waals surface area contributed by atoms with Crippen molar-refractivity contribution >= 4 is 21.4 Å². The Balaban J connectivity index is 2.02. The quantitative estimate of drug-likeness (QED) is 0.903. The van der Waals surface area contributed by atoms with Crippen molar-refractivity contribution in [2.75, 3.05) is 28.5 Å². The van der Waals surface area contributed by atoms with Gasteiger partial charge in [0.1, 0.15) is 0 Å². The maximum absolute atomic E-state index is 11.7. The number of hydrogen-bond donors (Lipinski definition) is 1. The Kier molecular flexibility index (Phi) is 4.69. The van der Waals surface area contributed by atoms with Crippen LogP contribution in [0.15, 0.2) is 24.3 Å². The van der Waals surface area contributed by atoms with E-state index in [1.807, 2.05) is 31.2 Å².